The van der Waals surface area contributed by atoms with Gasteiger partial charge in [0, 0.05) is 26.0 Å². The van der Waals surface area contributed by atoms with E-state index in [0.29, 0.717) is 0 Å². The summed E-state index contributed by atoms with van der Waals surface area (Å²) in [5.74, 6) is 0. The Hall–Kier alpha value is -1.23. The summed E-state index contributed by atoms with van der Waals surface area (Å²) < 4.78 is 0.987. The Morgan fingerprint density at radius 3 is 2.71 bits per heavy atom. The van der Waals surface area contributed by atoms with Crippen molar-refractivity contribution in [3.8, 4) is 0 Å². The van der Waals surface area contributed by atoms with Crippen LogP contribution in [0.15, 0.2) is 46.9 Å². The first-order chi connectivity index (χ1) is 10.2. The highest BCUT2D eigenvalue weighted by molar-refractivity contribution is 9.10. The first-order valence-corrected chi connectivity index (χ1v) is 8.66. The van der Waals surface area contributed by atoms with Crippen molar-refractivity contribution in [3.63, 3.8) is 0 Å². The second-order valence-corrected chi connectivity index (χ2v) is 7.19. The molecule has 0 aliphatic carbocycles. The van der Waals surface area contributed by atoms with Crippen LogP contribution < -0.4 is 5.73 Å². The van der Waals surface area contributed by atoms with Crippen molar-refractivity contribution in [2.24, 2.45) is 5.73 Å². The second kappa shape index (κ2) is 6.26. The normalized spacial score (nSPS) is 12.7. The fourth-order valence-electron chi connectivity index (χ4n) is 2.40. The number of hydrogen-bond acceptors (Lipinski definition) is 3. The van der Waals surface area contributed by atoms with Crippen LogP contribution in [0.5, 0.6) is 0 Å². The van der Waals surface area contributed by atoms with E-state index in [1.165, 1.54) is 9.75 Å². The van der Waals surface area contributed by atoms with Crippen molar-refractivity contribution >= 4 is 38.2 Å². The zero-order valence-corrected chi connectivity index (χ0v) is 14.2. The molecule has 0 fully saturated rings. The third-order valence-electron chi connectivity index (χ3n) is 3.54. The third kappa shape index (κ3) is 3.18. The minimum absolute atomic E-state index is 0.0904. The van der Waals surface area contributed by atoms with Crippen molar-refractivity contribution in [1.82, 2.24) is 4.98 Å². The van der Waals surface area contributed by atoms with Crippen LogP contribution >= 0.6 is 27.3 Å². The van der Waals surface area contributed by atoms with Crippen LogP contribution in [0.25, 0.3) is 10.9 Å². The predicted molar refractivity (Wildman–Crippen MR) is 93.8 cm³/mol. The number of aromatic nitrogens is 1. The van der Waals surface area contributed by atoms with Crippen LogP contribution in [-0.2, 0) is 12.8 Å². The smallest absolute Gasteiger partial charge is 0.0724 e. The van der Waals surface area contributed by atoms with E-state index in [9.17, 15) is 0 Å². The number of thiophene rings is 1. The Morgan fingerprint density at radius 1 is 1.19 bits per heavy atom. The zero-order chi connectivity index (χ0) is 14.8. The van der Waals surface area contributed by atoms with E-state index in [-0.39, 0.29) is 6.04 Å². The Morgan fingerprint density at radius 2 is 1.95 bits per heavy atom. The molecule has 1 aromatic carbocycles. The van der Waals surface area contributed by atoms with Gasteiger partial charge in [-0.05, 0) is 46.6 Å². The van der Waals surface area contributed by atoms with Gasteiger partial charge < -0.3 is 5.73 Å². The lowest BCUT2D eigenvalue weighted by Gasteiger charge is -2.13. The van der Waals surface area contributed by atoms with E-state index < -0.39 is 0 Å². The molecular weight excluding hydrogens is 344 g/mol. The van der Waals surface area contributed by atoms with Crippen LogP contribution in [0.1, 0.15) is 28.4 Å². The summed E-state index contributed by atoms with van der Waals surface area (Å²) in [5.41, 5.74) is 8.31. The van der Waals surface area contributed by atoms with Crippen LogP contribution in [0, 0.1) is 0 Å². The van der Waals surface area contributed by atoms with Crippen LogP contribution in [0.3, 0.4) is 0 Å². The SMILES string of the molecule is CCc1ccc(CC(N)c2nc3ccccc3cc2Br)s1. The van der Waals surface area contributed by atoms with Crippen molar-refractivity contribution in [1.29, 1.82) is 0 Å². The summed E-state index contributed by atoms with van der Waals surface area (Å²) in [6.45, 7) is 2.18. The van der Waals surface area contributed by atoms with Gasteiger partial charge in [-0.1, -0.05) is 25.1 Å². The van der Waals surface area contributed by atoms with Crippen molar-refractivity contribution in [3.05, 3.63) is 62.4 Å². The van der Waals surface area contributed by atoms with E-state index in [1.54, 1.807) is 0 Å². The van der Waals surface area contributed by atoms with Gasteiger partial charge in [-0.25, -0.2) is 4.98 Å². The molecule has 0 amide bonds. The molecule has 3 rings (SSSR count). The van der Waals surface area contributed by atoms with Gasteiger partial charge in [-0.3, -0.25) is 0 Å². The Balaban J connectivity index is 1.89. The molecule has 2 heterocycles. The molecule has 0 aliphatic rings. The Bertz CT molecular complexity index is 766. The van der Waals surface area contributed by atoms with Crippen LogP contribution in [-0.4, -0.2) is 4.98 Å². The average Bonchev–Trinajstić information content (AvgIpc) is 2.94. The van der Waals surface area contributed by atoms with Gasteiger partial charge in [-0.15, -0.1) is 11.3 Å². The summed E-state index contributed by atoms with van der Waals surface area (Å²) in [5, 5.41) is 1.13. The molecule has 108 valence electrons. The van der Waals surface area contributed by atoms with E-state index in [2.05, 4.69) is 47.1 Å². The van der Waals surface area contributed by atoms with E-state index >= 15 is 0 Å². The highest BCUT2D eigenvalue weighted by Crippen LogP contribution is 2.28. The quantitative estimate of drug-likeness (QED) is 0.721. The number of halogens is 1. The first-order valence-electron chi connectivity index (χ1n) is 7.05. The monoisotopic (exact) mass is 360 g/mol. The molecule has 0 saturated heterocycles. The maximum absolute atomic E-state index is 6.38. The van der Waals surface area contributed by atoms with Gasteiger partial charge in [0.15, 0.2) is 0 Å². The molecule has 0 bridgehead atoms. The Kier molecular flexibility index (Phi) is 4.38. The topological polar surface area (TPSA) is 38.9 Å². The van der Waals surface area contributed by atoms with Crippen molar-refractivity contribution < 1.29 is 0 Å². The number of nitrogens with zero attached hydrogens (tertiary/aromatic N) is 1. The summed E-state index contributed by atoms with van der Waals surface area (Å²) in [4.78, 5) is 7.46. The lowest BCUT2D eigenvalue weighted by atomic mass is 10.1. The standard InChI is InChI=1S/C17H17BrN2S/c1-2-12-7-8-13(21-12)10-15(19)17-14(18)9-11-5-3-4-6-16(11)20-17/h3-9,15H,2,10,19H2,1H3. The molecular formula is C17H17BrN2S. The summed E-state index contributed by atoms with van der Waals surface area (Å²) in [7, 11) is 0. The minimum atomic E-state index is -0.0904. The highest BCUT2D eigenvalue weighted by atomic mass is 79.9. The minimum Gasteiger partial charge on any atom is -0.322 e. The van der Waals surface area contributed by atoms with Gasteiger partial charge in [0.25, 0.3) is 0 Å². The molecule has 1 unspecified atom stereocenters. The number of rotatable bonds is 4. The zero-order valence-electron chi connectivity index (χ0n) is 11.8. The first kappa shape index (κ1) is 14.7. The number of pyridine rings is 1. The highest BCUT2D eigenvalue weighted by Gasteiger charge is 2.14. The molecule has 0 saturated carbocycles. The second-order valence-electron chi connectivity index (χ2n) is 5.08. The molecule has 21 heavy (non-hydrogen) atoms. The van der Waals surface area contributed by atoms with Gasteiger partial charge in [0.05, 0.1) is 17.3 Å². The number of hydrogen-bond donors (Lipinski definition) is 1. The van der Waals surface area contributed by atoms with E-state index in [4.69, 9.17) is 10.7 Å². The van der Waals surface area contributed by atoms with Crippen LogP contribution in [0.2, 0.25) is 0 Å². The van der Waals surface area contributed by atoms with Gasteiger partial charge in [-0.2, -0.15) is 0 Å². The molecule has 1 atom stereocenters. The summed E-state index contributed by atoms with van der Waals surface area (Å²) >= 11 is 5.45. The lowest BCUT2D eigenvalue weighted by molar-refractivity contribution is 0.703. The number of para-hydroxylation sites is 1. The fourth-order valence-corrected chi connectivity index (χ4v) is 4.05. The van der Waals surface area contributed by atoms with Gasteiger partial charge >= 0.3 is 0 Å². The molecule has 4 heteroatoms. The van der Waals surface area contributed by atoms with Crippen LogP contribution in [0.4, 0.5) is 0 Å². The number of nitrogens with two attached hydrogens (primary N) is 1. The molecule has 0 spiro atoms. The van der Waals surface area contributed by atoms with E-state index in [0.717, 1.165) is 33.9 Å². The van der Waals surface area contributed by atoms with E-state index in [1.807, 2.05) is 29.5 Å². The largest absolute Gasteiger partial charge is 0.322 e. The lowest BCUT2D eigenvalue weighted by Crippen LogP contribution is -2.15. The average molecular weight is 361 g/mol. The summed E-state index contributed by atoms with van der Waals surface area (Å²) in [6, 6.07) is 14.5. The van der Waals surface area contributed by atoms with Crippen molar-refractivity contribution in [2.45, 2.75) is 25.8 Å². The number of fused-ring (bicyclic) bond motifs is 1. The predicted octanol–water partition coefficient (Wildman–Crippen LogP) is 4.86. The Labute approximate surface area is 137 Å². The number of benzene rings is 1. The molecule has 3 aromatic rings. The fraction of sp³-hybridized carbons (Fsp3) is 0.235. The third-order valence-corrected chi connectivity index (χ3v) is 5.43. The maximum atomic E-state index is 6.38. The molecule has 2 nitrogen and oxygen atoms in total. The molecule has 0 radical (unpaired) electrons. The van der Waals surface area contributed by atoms with Crippen molar-refractivity contribution in [2.75, 3.05) is 0 Å². The molecule has 2 N–H and O–H groups in total. The summed E-state index contributed by atoms with van der Waals surface area (Å²) in [6.07, 6.45) is 1.91. The van der Waals surface area contributed by atoms with Gasteiger partial charge in [0.1, 0.15) is 0 Å². The van der Waals surface area contributed by atoms with Gasteiger partial charge in [0.2, 0.25) is 0 Å². The maximum Gasteiger partial charge on any atom is 0.0724 e. The number of aryl methyl sites for hydroxylation is 1. The molecule has 0 aliphatic heterocycles. The molecule has 2 aromatic heterocycles.